The Bertz CT molecular complexity index is 496. The van der Waals surface area contributed by atoms with Gasteiger partial charge >= 0.3 is 0 Å². The summed E-state index contributed by atoms with van der Waals surface area (Å²) >= 11 is 0. The lowest BCUT2D eigenvalue weighted by molar-refractivity contribution is -0.114. The van der Waals surface area contributed by atoms with Crippen LogP contribution in [0.1, 0.15) is 6.92 Å². The lowest BCUT2D eigenvalue weighted by Crippen LogP contribution is -2.20. The summed E-state index contributed by atoms with van der Waals surface area (Å²) < 4.78 is 28.0. The van der Waals surface area contributed by atoms with E-state index in [1.165, 1.54) is 6.92 Å². The maximum Gasteiger partial charge on any atom is 0.160 e. The summed E-state index contributed by atoms with van der Waals surface area (Å²) in [5, 5.41) is 0. The second-order valence-corrected chi connectivity index (χ2v) is 5.90. The Labute approximate surface area is 100 Å². The lowest BCUT2D eigenvalue weighted by Gasteiger charge is -2.06. The van der Waals surface area contributed by atoms with Gasteiger partial charge in [0, 0.05) is 11.8 Å². The molecule has 94 valence electrons. The van der Waals surface area contributed by atoms with E-state index in [-0.39, 0.29) is 18.1 Å². The third-order valence-corrected chi connectivity index (χ3v) is 3.58. The number of Topliss-reactive ketones (excluding diaryl/α,β-unsaturated/α-hetero) is 1. The number of nitrogen functional groups attached to an aromatic ring is 1. The molecule has 0 heterocycles. The quantitative estimate of drug-likeness (QED) is 0.756. The van der Waals surface area contributed by atoms with Gasteiger partial charge in [-0.1, -0.05) is 6.07 Å². The largest absolute Gasteiger partial charge is 0.492 e. The first kappa shape index (κ1) is 13.5. The van der Waals surface area contributed by atoms with E-state index in [0.29, 0.717) is 11.4 Å². The number of carbonyl (C=O) groups excluding carboxylic acids is 1. The summed E-state index contributed by atoms with van der Waals surface area (Å²) in [7, 11) is -3.37. The minimum atomic E-state index is -3.37. The molecule has 0 aliphatic rings. The Morgan fingerprint density at radius 1 is 1.41 bits per heavy atom. The standard InChI is InChI=1S/C11H15NO4S/c1-9(13)8-17(14,15)6-5-16-11-4-2-3-10(12)7-11/h2-4,7H,5-6,8,12H2,1H3. The van der Waals surface area contributed by atoms with Crippen LogP contribution < -0.4 is 10.5 Å². The van der Waals surface area contributed by atoms with E-state index >= 15 is 0 Å². The fourth-order valence-electron chi connectivity index (χ4n) is 1.27. The van der Waals surface area contributed by atoms with Gasteiger partial charge in [-0.25, -0.2) is 8.42 Å². The summed E-state index contributed by atoms with van der Waals surface area (Å²) in [6.07, 6.45) is 0. The molecule has 0 saturated heterocycles. The number of ketones is 1. The van der Waals surface area contributed by atoms with Crippen LogP contribution in [-0.4, -0.2) is 32.3 Å². The highest BCUT2D eigenvalue weighted by Gasteiger charge is 2.13. The van der Waals surface area contributed by atoms with E-state index in [2.05, 4.69) is 0 Å². The number of nitrogens with two attached hydrogens (primary N) is 1. The molecule has 0 bridgehead atoms. The van der Waals surface area contributed by atoms with Gasteiger partial charge in [-0.05, 0) is 19.1 Å². The monoisotopic (exact) mass is 257 g/mol. The summed E-state index contributed by atoms with van der Waals surface area (Å²) in [5.74, 6) is -0.466. The molecule has 0 amide bonds. The zero-order chi connectivity index (χ0) is 12.9. The van der Waals surface area contributed by atoms with Crippen molar-refractivity contribution in [2.75, 3.05) is 23.8 Å². The van der Waals surface area contributed by atoms with E-state index in [1.54, 1.807) is 24.3 Å². The summed E-state index contributed by atoms with van der Waals surface area (Å²) in [5.41, 5.74) is 6.09. The highest BCUT2D eigenvalue weighted by Crippen LogP contribution is 2.14. The molecule has 0 aromatic heterocycles. The van der Waals surface area contributed by atoms with E-state index in [1.807, 2.05) is 0 Å². The topological polar surface area (TPSA) is 86.5 Å². The van der Waals surface area contributed by atoms with Crippen molar-refractivity contribution in [3.63, 3.8) is 0 Å². The number of ether oxygens (including phenoxy) is 1. The van der Waals surface area contributed by atoms with Crippen molar-refractivity contribution in [1.82, 2.24) is 0 Å². The van der Waals surface area contributed by atoms with Gasteiger partial charge in [-0.3, -0.25) is 4.79 Å². The van der Waals surface area contributed by atoms with Crippen molar-refractivity contribution >= 4 is 21.3 Å². The van der Waals surface area contributed by atoms with E-state index in [0.717, 1.165) is 0 Å². The van der Waals surface area contributed by atoms with Gasteiger partial charge in [0.05, 0.1) is 5.75 Å². The molecule has 0 aliphatic heterocycles. The molecular formula is C11H15NO4S. The Kier molecular flexibility index (Phi) is 4.51. The minimum absolute atomic E-state index is 0.0130. The van der Waals surface area contributed by atoms with Crippen molar-refractivity contribution in [1.29, 1.82) is 0 Å². The molecule has 17 heavy (non-hydrogen) atoms. The van der Waals surface area contributed by atoms with Crippen LogP contribution in [0.15, 0.2) is 24.3 Å². The summed E-state index contributed by atoms with van der Waals surface area (Å²) in [6.45, 7) is 1.26. The molecule has 0 aliphatic carbocycles. The second-order valence-electron chi connectivity index (χ2n) is 3.71. The molecule has 0 unspecified atom stereocenters. The first-order valence-electron chi connectivity index (χ1n) is 5.07. The lowest BCUT2D eigenvalue weighted by atomic mass is 10.3. The zero-order valence-corrected chi connectivity index (χ0v) is 10.4. The average Bonchev–Trinajstić information content (AvgIpc) is 2.15. The minimum Gasteiger partial charge on any atom is -0.492 e. The van der Waals surface area contributed by atoms with Crippen molar-refractivity contribution in [2.45, 2.75) is 6.92 Å². The predicted molar refractivity (Wildman–Crippen MR) is 65.7 cm³/mol. The van der Waals surface area contributed by atoms with Gasteiger partial charge < -0.3 is 10.5 Å². The van der Waals surface area contributed by atoms with Crippen LogP contribution in [0.2, 0.25) is 0 Å². The Morgan fingerprint density at radius 2 is 2.12 bits per heavy atom. The number of sulfone groups is 1. The van der Waals surface area contributed by atoms with Crippen molar-refractivity contribution in [3.8, 4) is 5.75 Å². The number of rotatable bonds is 6. The van der Waals surface area contributed by atoms with Gasteiger partial charge in [-0.15, -0.1) is 0 Å². The fraction of sp³-hybridized carbons (Fsp3) is 0.364. The van der Waals surface area contributed by atoms with Gasteiger partial charge in [0.15, 0.2) is 9.84 Å². The molecular weight excluding hydrogens is 242 g/mol. The first-order valence-corrected chi connectivity index (χ1v) is 6.89. The SMILES string of the molecule is CC(=O)CS(=O)(=O)CCOc1cccc(N)c1. The van der Waals surface area contributed by atoms with Gasteiger partial charge in [0.1, 0.15) is 23.9 Å². The molecule has 1 aromatic rings. The van der Waals surface area contributed by atoms with Crippen LogP contribution in [0.25, 0.3) is 0 Å². The number of hydrogen-bond donors (Lipinski definition) is 1. The molecule has 0 atom stereocenters. The molecule has 1 rings (SSSR count). The van der Waals surface area contributed by atoms with Crippen LogP contribution in [0.4, 0.5) is 5.69 Å². The zero-order valence-electron chi connectivity index (χ0n) is 9.55. The Balaban J connectivity index is 2.45. The van der Waals surface area contributed by atoms with Crippen LogP contribution >= 0.6 is 0 Å². The predicted octanol–water partition coefficient (Wildman–Crippen LogP) is 0.651. The molecule has 5 nitrogen and oxygen atoms in total. The fourth-order valence-corrected chi connectivity index (χ4v) is 2.37. The van der Waals surface area contributed by atoms with Crippen LogP contribution in [-0.2, 0) is 14.6 Å². The second kappa shape index (κ2) is 5.67. The van der Waals surface area contributed by atoms with Crippen LogP contribution in [0.3, 0.4) is 0 Å². The maximum atomic E-state index is 11.4. The average molecular weight is 257 g/mol. The molecule has 6 heteroatoms. The molecule has 0 fully saturated rings. The first-order chi connectivity index (χ1) is 7.89. The van der Waals surface area contributed by atoms with Crippen molar-refractivity contribution in [3.05, 3.63) is 24.3 Å². The maximum absolute atomic E-state index is 11.4. The molecule has 2 N–H and O–H groups in total. The summed E-state index contributed by atoms with van der Waals surface area (Å²) in [6, 6.07) is 6.72. The highest BCUT2D eigenvalue weighted by atomic mass is 32.2. The van der Waals surface area contributed by atoms with E-state index in [4.69, 9.17) is 10.5 Å². The molecule has 0 saturated carbocycles. The number of hydrogen-bond acceptors (Lipinski definition) is 5. The number of carbonyl (C=O) groups is 1. The normalized spacial score (nSPS) is 11.1. The Morgan fingerprint density at radius 3 is 2.71 bits per heavy atom. The van der Waals surface area contributed by atoms with Crippen molar-refractivity contribution in [2.24, 2.45) is 0 Å². The molecule has 0 radical (unpaired) electrons. The molecule has 0 spiro atoms. The molecule has 1 aromatic carbocycles. The van der Waals surface area contributed by atoms with Gasteiger partial charge in [-0.2, -0.15) is 0 Å². The van der Waals surface area contributed by atoms with Gasteiger partial charge in [0.2, 0.25) is 0 Å². The summed E-state index contributed by atoms with van der Waals surface area (Å²) in [4.78, 5) is 10.7. The Hall–Kier alpha value is -1.56. The third kappa shape index (κ3) is 5.35. The van der Waals surface area contributed by atoms with Crippen LogP contribution in [0, 0.1) is 0 Å². The van der Waals surface area contributed by atoms with Crippen molar-refractivity contribution < 1.29 is 17.9 Å². The van der Waals surface area contributed by atoms with E-state index in [9.17, 15) is 13.2 Å². The van der Waals surface area contributed by atoms with Gasteiger partial charge in [0.25, 0.3) is 0 Å². The number of anilines is 1. The smallest absolute Gasteiger partial charge is 0.160 e. The van der Waals surface area contributed by atoms with Crippen LogP contribution in [0.5, 0.6) is 5.75 Å². The highest BCUT2D eigenvalue weighted by molar-refractivity contribution is 7.92. The third-order valence-electron chi connectivity index (χ3n) is 1.94. The van der Waals surface area contributed by atoms with E-state index < -0.39 is 15.6 Å². The number of benzene rings is 1.